The minimum absolute atomic E-state index is 0.111. The van der Waals surface area contributed by atoms with Crippen LogP contribution < -0.4 is 15.9 Å². The molecule has 1 N–H and O–H groups in total. The van der Waals surface area contributed by atoms with E-state index in [2.05, 4.69) is 45.0 Å². The molecule has 1 saturated heterocycles. The SMILES string of the molecule is C[C@@H]1CN(c2ccc(-n3c(C(=O)NCc4ccccc4)c4n(c3=O)CCN(C(=O)c3ccc(Br)c(Cl)c3)C4)cc2)CCN1C. The van der Waals surface area contributed by atoms with Crippen molar-refractivity contribution in [3.05, 3.63) is 115 Å². The average molecular weight is 678 g/mol. The Hall–Kier alpha value is -3.86. The molecule has 228 valence electrons. The summed E-state index contributed by atoms with van der Waals surface area (Å²) in [6.45, 7) is 6.03. The van der Waals surface area contributed by atoms with E-state index < -0.39 is 0 Å². The van der Waals surface area contributed by atoms with Crippen LogP contribution in [0.2, 0.25) is 5.02 Å². The molecule has 9 nitrogen and oxygen atoms in total. The van der Waals surface area contributed by atoms with Gasteiger partial charge in [-0.2, -0.15) is 0 Å². The van der Waals surface area contributed by atoms with Gasteiger partial charge < -0.3 is 20.0 Å². The summed E-state index contributed by atoms with van der Waals surface area (Å²) in [6.07, 6.45) is 0. The van der Waals surface area contributed by atoms with Crippen LogP contribution in [0, 0.1) is 0 Å². The molecule has 11 heteroatoms. The number of piperazine rings is 1. The number of hydrogen-bond acceptors (Lipinski definition) is 5. The molecule has 0 radical (unpaired) electrons. The first kappa shape index (κ1) is 30.2. The monoisotopic (exact) mass is 676 g/mol. The zero-order valence-electron chi connectivity index (χ0n) is 24.7. The molecule has 1 aromatic heterocycles. The number of carbonyl (C=O) groups is 2. The maximum absolute atomic E-state index is 13.9. The molecule has 0 unspecified atom stereocenters. The lowest BCUT2D eigenvalue weighted by Gasteiger charge is -2.39. The van der Waals surface area contributed by atoms with Gasteiger partial charge in [0.1, 0.15) is 5.69 Å². The number of benzene rings is 3. The van der Waals surface area contributed by atoms with Crippen molar-refractivity contribution in [2.24, 2.45) is 0 Å². The van der Waals surface area contributed by atoms with Crippen molar-refractivity contribution in [2.75, 3.05) is 38.1 Å². The fourth-order valence-corrected chi connectivity index (χ4v) is 6.30. The third-order valence-corrected chi connectivity index (χ3v) is 9.81. The summed E-state index contributed by atoms with van der Waals surface area (Å²) in [5, 5.41) is 3.44. The zero-order valence-corrected chi connectivity index (χ0v) is 27.0. The number of anilines is 1. The summed E-state index contributed by atoms with van der Waals surface area (Å²) in [5.41, 5.74) is 3.49. The Labute approximate surface area is 269 Å². The van der Waals surface area contributed by atoms with Crippen LogP contribution in [-0.2, 0) is 19.6 Å². The number of carbonyl (C=O) groups excluding carboxylic acids is 2. The Morgan fingerprint density at radius 1 is 0.955 bits per heavy atom. The molecular weight excluding hydrogens is 644 g/mol. The molecule has 0 bridgehead atoms. The van der Waals surface area contributed by atoms with E-state index in [0.29, 0.717) is 45.6 Å². The average Bonchev–Trinajstić information content (AvgIpc) is 3.34. The first-order chi connectivity index (χ1) is 21.2. The molecule has 2 amide bonds. The molecule has 1 fully saturated rings. The molecule has 0 saturated carbocycles. The van der Waals surface area contributed by atoms with E-state index in [-0.39, 0.29) is 36.3 Å². The van der Waals surface area contributed by atoms with E-state index in [1.807, 2.05) is 54.6 Å². The number of likely N-dealkylation sites (N-methyl/N-ethyl adjacent to an activating group) is 1. The van der Waals surface area contributed by atoms with Gasteiger partial charge in [-0.25, -0.2) is 4.79 Å². The number of aromatic nitrogens is 2. The third-order valence-electron chi connectivity index (χ3n) is 8.58. The Bertz CT molecular complexity index is 1750. The van der Waals surface area contributed by atoms with Crippen molar-refractivity contribution < 1.29 is 9.59 Å². The normalized spacial score (nSPS) is 17.0. The number of hydrogen-bond donors (Lipinski definition) is 1. The van der Waals surface area contributed by atoms with Crippen LogP contribution in [0.3, 0.4) is 0 Å². The number of halogens is 2. The van der Waals surface area contributed by atoms with Crippen molar-refractivity contribution in [3.63, 3.8) is 0 Å². The van der Waals surface area contributed by atoms with Crippen molar-refractivity contribution >= 4 is 45.0 Å². The lowest BCUT2D eigenvalue weighted by Crippen LogP contribution is -2.50. The smallest absolute Gasteiger partial charge is 0.333 e. The van der Waals surface area contributed by atoms with Gasteiger partial charge in [-0.3, -0.25) is 18.7 Å². The lowest BCUT2D eigenvalue weighted by molar-refractivity contribution is 0.0706. The first-order valence-electron chi connectivity index (χ1n) is 14.7. The summed E-state index contributed by atoms with van der Waals surface area (Å²) in [7, 11) is 2.14. The quantitative estimate of drug-likeness (QED) is 0.318. The Balaban J connectivity index is 1.35. The fourth-order valence-electron chi connectivity index (χ4n) is 5.87. The van der Waals surface area contributed by atoms with Gasteiger partial charge in [0.15, 0.2) is 0 Å². The molecule has 3 aromatic carbocycles. The van der Waals surface area contributed by atoms with Gasteiger partial charge in [0.25, 0.3) is 11.8 Å². The minimum atomic E-state index is -0.377. The summed E-state index contributed by atoms with van der Waals surface area (Å²) in [4.78, 5) is 47.6. The first-order valence-corrected chi connectivity index (χ1v) is 15.8. The highest BCUT2D eigenvalue weighted by atomic mass is 79.9. The lowest BCUT2D eigenvalue weighted by atomic mass is 10.1. The van der Waals surface area contributed by atoms with Crippen molar-refractivity contribution in [1.82, 2.24) is 24.3 Å². The fraction of sp³-hybridized carbons (Fsp3) is 0.303. The molecule has 2 aliphatic heterocycles. The second kappa shape index (κ2) is 12.6. The molecule has 3 heterocycles. The van der Waals surface area contributed by atoms with Crippen molar-refractivity contribution in [2.45, 2.75) is 32.6 Å². The summed E-state index contributed by atoms with van der Waals surface area (Å²) in [6, 6.07) is 22.9. The van der Waals surface area contributed by atoms with Crippen LogP contribution in [0.15, 0.2) is 82.1 Å². The summed E-state index contributed by atoms with van der Waals surface area (Å²) >= 11 is 9.64. The van der Waals surface area contributed by atoms with Gasteiger partial charge in [-0.05, 0) is 77.9 Å². The van der Waals surface area contributed by atoms with Gasteiger partial charge in [-0.1, -0.05) is 41.9 Å². The topological polar surface area (TPSA) is 82.8 Å². The Kier molecular flexibility index (Phi) is 8.66. The van der Waals surface area contributed by atoms with E-state index >= 15 is 0 Å². The van der Waals surface area contributed by atoms with E-state index in [4.69, 9.17) is 11.6 Å². The van der Waals surface area contributed by atoms with Crippen LogP contribution in [0.25, 0.3) is 5.69 Å². The maximum atomic E-state index is 13.9. The zero-order chi connectivity index (χ0) is 31.0. The molecule has 6 rings (SSSR count). The maximum Gasteiger partial charge on any atom is 0.333 e. The van der Waals surface area contributed by atoms with Crippen molar-refractivity contribution in [1.29, 1.82) is 0 Å². The number of nitrogens with zero attached hydrogens (tertiary/aromatic N) is 5. The van der Waals surface area contributed by atoms with E-state index in [9.17, 15) is 14.4 Å². The number of amides is 2. The molecular formula is C33H34BrClN6O3. The van der Waals surface area contributed by atoms with Crippen LogP contribution in [-0.4, -0.2) is 70.0 Å². The highest BCUT2D eigenvalue weighted by Gasteiger charge is 2.32. The second-order valence-corrected chi connectivity index (χ2v) is 12.6. The summed E-state index contributed by atoms with van der Waals surface area (Å²) in [5.74, 6) is -0.593. The highest BCUT2D eigenvalue weighted by Crippen LogP contribution is 2.27. The predicted molar refractivity (Wildman–Crippen MR) is 176 cm³/mol. The Morgan fingerprint density at radius 3 is 2.39 bits per heavy atom. The predicted octanol–water partition coefficient (Wildman–Crippen LogP) is 4.78. The molecule has 2 aliphatic rings. The van der Waals surface area contributed by atoms with Crippen LogP contribution in [0.1, 0.15) is 39.0 Å². The van der Waals surface area contributed by atoms with Gasteiger partial charge in [-0.15, -0.1) is 0 Å². The third kappa shape index (κ3) is 5.94. The molecule has 0 spiro atoms. The number of imidazole rings is 1. The number of fused-ring (bicyclic) bond motifs is 1. The summed E-state index contributed by atoms with van der Waals surface area (Å²) < 4.78 is 3.80. The van der Waals surface area contributed by atoms with E-state index in [1.54, 1.807) is 27.7 Å². The second-order valence-electron chi connectivity index (χ2n) is 11.4. The van der Waals surface area contributed by atoms with Crippen molar-refractivity contribution in [3.8, 4) is 5.69 Å². The van der Waals surface area contributed by atoms with Crippen LogP contribution >= 0.6 is 27.5 Å². The highest BCUT2D eigenvalue weighted by molar-refractivity contribution is 9.10. The van der Waals surface area contributed by atoms with Gasteiger partial charge in [0, 0.05) is 61.0 Å². The van der Waals surface area contributed by atoms with E-state index in [1.165, 1.54) is 4.57 Å². The van der Waals surface area contributed by atoms with Crippen LogP contribution in [0.4, 0.5) is 5.69 Å². The molecule has 1 atom stereocenters. The Morgan fingerprint density at radius 2 is 1.68 bits per heavy atom. The van der Waals surface area contributed by atoms with Gasteiger partial charge >= 0.3 is 5.69 Å². The number of nitrogens with one attached hydrogen (secondary N) is 1. The van der Waals surface area contributed by atoms with Gasteiger partial charge in [0.05, 0.1) is 22.9 Å². The largest absolute Gasteiger partial charge is 0.369 e. The van der Waals surface area contributed by atoms with Gasteiger partial charge in [0.2, 0.25) is 0 Å². The minimum Gasteiger partial charge on any atom is -0.369 e. The molecule has 44 heavy (non-hydrogen) atoms. The number of rotatable bonds is 6. The van der Waals surface area contributed by atoms with Crippen LogP contribution in [0.5, 0.6) is 0 Å². The van der Waals surface area contributed by atoms with E-state index in [0.717, 1.165) is 30.9 Å². The molecule has 4 aromatic rings. The standard InChI is InChI=1S/C33H34BrClN6O3/c1-22-20-38(15-14-37(22)2)25-9-11-26(12-10-25)41-30(31(42)36-19-23-6-4-3-5-7-23)29-21-39(16-17-40(29)33(41)44)32(43)24-8-13-27(34)28(35)18-24/h3-13,18,22H,14-17,19-21H2,1-2H3,(H,36,42)/t22-/m1/s1. The molecule has 0 aliphatic carbocycles.